The van der Waals surface area contributed by atoms with Crippen LogP contribution in [-0.2, 0) is 16.1 Å². The van der Waals surface area contributed by atoms with E-state index in [0.29, 0.717) is 27.4 Å². The van der Waals surface area contributed by atoms with Crippen LogP contribution < -0.4 is 10.7 Å². The summed E-state index contributed by atoms with van der Waals surface area (Å²) in [4.78, 5) is 37.0. The fraction of sp³-hybridized carbons (Fsp3) is 0.300. The van der Waals surface area contributed by atoms with Crippen molar-refractivity contribution in [3.05, 3.63) is 57.2 Å². The van der Waals surface area contributed by atoms with E-state index in [-0.39, 0.29) is 24.5 Å². The molecule has 1 aliphatic carbocycles. The average molecular weight is 397 g/mol. The van der Waals surface area contributed by atoms with Gasteiger partial charge in [-0.2, -0.15) is 5.10 Å². The molecule has 8 heteroatoms. The second kappa shape index (κ2) is 7.55. The Morgan fingerprint density at radius 2 is 2.11 bits per heavy atom. The van der Waals surface area contributed by atoms with E-state index in [2.05, 4.69) is 10.4 Å². The molecule has 4 rings (SSSR count). The summed E-state index contributed by atoms with van der Waals surface area (Å²) in [5.41, 5.74) is 1.80. The summed E-state index contributed by atoms with van der Waals surface area (Å²) < 4.78 is 6.66. The number of anilines is 1. The molecule has 28 heavy (non-hydrogen) atoms. The van der Waals surface area contributed by atoms with Crippen LogP contribution in [0, 0.1) is 0 Å². The Morgan fingerprint density at radius 1 is 1.32 bits per heavy atom. The lowest BCUT2D eigenvalue weighted by Crippen LogP contribution is -2.23. The molecule has 1 aliphatic rings. The number of carbonyl (C=O) groups excluding carboxylic acids is 2. The highest BCUT2D eigenvalue weighted by atomic mass is 32.1. The Balaban J connectivity index is 1.59. The molecule has 0 aliphatic heterocycles. The summed E-state index contributed by atoms with van der Waals surface area (Å²) in [6.45, 7) is 1.96. The number of thiophene rings is 1. The maximum atomic E-state index is 12.6. The van der Waals surface area contributed by atoms with Crippen molar-refractivity contribution in [1.82, 2.24) is 9.78 Å². The molecule has 1 amide bonds. The Bertz CT molecular complexity index is 1110. The zero-order valence-corrected chi connectivity index (χ0v) is 16.1. The van der Waals surface area contributed by atoms with Gasteiger partial charge in [0.25, 0.3) is 0 Å². The highest BCUT2D eigenvalue weighted by Crippen LogP contribution is 2.46. The Kier molecular flexibility index (Phi) is 4.95. The molecule has 144 valence electrons. The second-order valence-electron chi connectivity index (χ2n) is 6.62. The van der Waals surface area contributed by atoms with Crippen LogP contribution in [0.15, 0.2) is 40.6 Å². The third-order valence-corrected chi connectivity index (χ3v) is 5.54. The van der Waals surface area contributed by atoms with Crippen LogP contribution in [0.4, 0.5) is 5.00 Å². The lowest BCUT2D eigenvalue weighted by molar-refractivity contribution is -0.116. The lowest BCUT2D eigenvalue weighted by atomic mass is 10.1. The highest BCUT2D eigenvalue weighted by molar-refractivity contribution is 7.15. The molecule has 2 aromatic heterocycles. The third kappa shape index (κ3) is 3.55. The van der Waals surface area contributed by atoms with Gasteiger partial charge in [-0.15, -0.1) is 11.3 Å². The predicted octanol–water partition coefficient (Wildman–Crippen LogP) is 3.15. The van der Waals surface area contributed by atoms with Gasteiger partial charge in [-0.25, -0.2) is 4.79 Å². The van der Waals surface area contributed by atoms with Gasteiger partial charge in [0.05, 0.1) is 23.9 Å². The van der Waals surface area contributed by atoms with Crippen molar-refractivity contribution in [2.45, 2.75) is 32.2 Å². The van der Waals surface area contributed by atoms with E-state index in [1.807, 2.05) is 5.38 Å². The normalized spacial score (nSPS) is 13.5. The van der Waals surface area contributed by atoms with Crippen LogP contribution >= 0.6 is 11.3 Å². The van der Waals surface area contributed by atoms with Crippen molar-refractivity contribution in [1.29, 1.82) is 0 Å². The number of para-hydroxylation sites is 1. The Labute approximate surface area is 164 Å². The molecular formula is C20H19N3O4S. The standard InChI is InChI=1S/C20H19N3O4S/c1-2-27-20(26)18-14(12-7-8-12)11-28-19(18)22-17(25)10-23-15-6-4-3-5-13(15)16(24)9-21-23/h3-6,9,11-12H,2,7-8,10H2,1H3,(H,22,25). The summed E-state index contributed by atoms with van der Waals surface area (Å²) >= 11 is 1.33. The minimum atomic E-state index is -0.409. The number of aromatic nitrogens is 2. The van der Waals surface area contributed by atoms with Crippen molar-refractivity contribution in [2.24, 2.45) is 0 Å². The summed E-state index contributed by atoms with van der Waals surface area (Å²) in [7, 11) is 0. The SMILES string of the molecule is CCOC(=O)c1c(C2CC2)csc1NC(=O)Cn1ncc(=O)c2ccccc21. The van der Waals surface area contributed by atoms with Crippen LogP contribution in [-0.4, -0.2) is 28.3 Å². The average Bonchev–Trinajstić information content (AvgIpc) is 3.45. The van der Waals surface area contributed by atoms with Gasteiger partial charge >= 0.3 is 5.97 Å². The van der Waals surface area contributed by atoms with Crippen molar-refractivity contribution < 1.29 is 14.3 Å². The molecule has 1 saturated carbocycles. The van der Waals surface area contributed by atoms with Gasteiger partial charge in [0.2, 0.25) is 11.3 Å². The van der Waals surface area contributed by atoms with Gasteiger partial charge in [0.1, 0.15) is 11.5 Å². The number of nitrogens with zero attached hydrogens (tertiary/aromatic N) is 2. The summed E-state index contributed by atoms with van der Waals surface area (Å²) in [5, 5.41) is 9.82. The molecule has 0 saturated heterocycles. The minimum Gasteiger partial charge on any atom is -0.462 e. The quantitative estimate of drug-likeness (QED) is 0.645. The smallest absolute Gasteiger partial charge is 0.341 e. The first-order valence-corrected chi connectivity index (χ1v) is 9.99. The molecule has 0 atom stereocenters. The van der Waals surface area contributed by atoms with Crippen molar-refractivity contribution >= 4 is 39.1 Å². The number of ether oxygens (including phenoxy) is 1. The topological polar surface area (TPSA) is 90.3 Å². The molecule has 1 N–H and O–H groups in total. The second-order valence-corrected chi connectivity index (χ2v) is 7.50. The van der Waals surface area contributed by atoms with E-state index < -0.39 is 5.97 Å². The van der Waals surface area contributed by atoms with E-state index >= 15 is 0 Å². The Hall–Kier alpha value is -3.00. The molecular weight excluding hydrogens is 378 g/mol. The van der Waals surface area contributed by atoms with Gasteiger partial charge in [-0.3, -0.25) is 14.3 Å². The van der Waals surface area contributed by atoms with Crippen LogP contribution in [0.3, 0.4) is 0 Å². The lowest BCUT2D eigenvalue weighted by Gasteiger charge is -2.10. The first-order chi connectivity index (χ1) is 13.6. The summed E-state index contributed by atoms with van der Waals surface area (Å²) in [6, 6.07) is 7.01. The zero-order chi connectivity index (χ0) is 19.7. The van der Waals surface area contributed by atoms with Crippen molar-refractivity contribution in [3.63, 3.8) is 0 Å². The number of benzene rings is 1. The first-order valence-electron chi connectivity index (χ1n) is 9.11. The summed E-state index contributed by atoms with van der Waals surface area (Å²) in [6.07, 6.45) is 3.30. The first kappa shape index (κ1) is 18.4. The molecule has 2 heterocycles. The zero-order valence-electron chi connectivity index (χ0n) is 15.3. The van der Waals surface area contributed by atoms with Gasteiger partial charge in [0, 0.05) is 5.39 Å². The van der Waals surface area contributed by atoms with E-state index in [4.69, 9.17) is 4.74 Å². The van der Waals surface area contributed by atoms with Crippen LogP contribution in [0.25, 0.3) is 10.9 Å². The number of hydrogen-bond acceptors (Lipinski definition) is 6. The van der Waals surface area contributed by atoms with Gasteiger partial charge in [-0.05, 0) is 48.8 Å². The maximum absolute atomic E-state index is 12.6. The molecule has 7 nitrogen and oxygen atoms in total. The van der Waals surface area contributed by atoms with Gasteiger partial charge < -0.3 is 10.1 Å². The number of fused-ring (bicyclic) bond motifs is 1. The molecule has 1 aromatic carbocycles. The predicted molar refractivity (Wildman–Crippen MR) is 107 cm³/mol. The largest absolute Gasteiger partial charge is 0.462 e. The minimum absolute atomic E-state index is 0.0697. The number of esters is 1. The van der Waals surface area contributed by atoms with Crippen LogP contribution in [0.5, 0.6) is 0 Å². The van der Waals surface area contributed by atoms with Crippen molar-refractivity contribution in [3.8, 4) is 0 Å². The summed E-state index contributed by atoms with van der Waals surface area (Å²) in [5.74, 6) is -0.366. The van der Waals surface area contributed by atoms with Crippen LogP contribution in [0.2, 0.25) is 0 Å². The number of rotatable bonds is 6. The number of amides is 1. The fourth-order valence-electron chi connectivity index (χ4n) is 3.16. The van der Waals surface area contributed by atoms with Crippen LogP contribution in [0.1, 0.15) is 41.6 Å². The monoisotopic (exact) mass is 397 g/mol. The van der Waals surface area contributed by atoms with E-state index in [9.17, 15) is 14.4 Å². The maximum Gasteiger partial charge on any atom is 0.341 e. The molecule has 0 bridgehead atoms. The molecule has 0 radical (unpaired) electrons. The van der Waals surface area contributed by atoms with E-state index in [1.54, 1.807) is 31.2 Å². The molecule has 0 spiro atoms. The van der Waals surface area contributed by atoms with E-state index in [1.165, 1.54) is 22.2 Å². The van der Waals surface area contributed by atoms with E-state index in [0.717, 1.165) is 18.4 Å². The fourth-order valence-corrected chi connectivity index (χ4v) is 4.21. The Morgan fingerprint density at radius 3 is 2.86 bits per heavy atom. The number of hydrogen-bond donors (Lipinski definition) is 1. The third-order valence-electron chi connectivity index (χ3n) is 4.62. The number of nitrogens with one attached hydrogen (secondary N) is 1. The molecule has 3 aromatic rings. The molecule has 1 fully saturated rings. The van der Waals surface area contributed by atoms with Gasteiger partial charge in [-0.1, -0.05) is 12.1 Å². The number of carbonyl (C=O) groups is 2. The van der Waals surface area contributed by atoms with Gasteiger partial charge in [0.15, 0.2) is 0 Å². The molecule has 0 unspecified atom stereocenters. The highest BCUT2D eigenvalue weighted by Gasteiger charge is 2.32. The van der Waals surface area contributed by atoms with Crippen molar-refractivity contribution in [2.75, 3.05) is 11.9 Å².